The summed E-state index contributed by atoms with van der Waals surface area (Å²) in [6.45, 7) is 7.24. The molecule has 0 saturated heterocycles. The summed E-state index contributed by atoms with van der Waals surface area (Å²) in [6.07, 6.45) is 5.80. The van der Waals surface area contributed by atoms with Gasteiger partial charge in [0.15, 0.2) is 0 Å². The first kappa shape index (κ1) is 15.7. The molecule has 1 N–H and O–H groups in total. The van der Waals surface area contributed by atoms with Crippen LogP contribution in [0, 0.1) is 0 Å². The van der Waals surface area contributed by atoms with Crippen LogP contribution in [0.25, 0.3) is 0 Å². The van der Waals surface area contributed by atoms with Gasteiger partial charge in [0, 0.05) is 0 Å². The van der Waals surface area contributed by atoms with Gasteiger partial charge < -0.3 is 5.11 Å². The molecular weight excluding hydrogens is 278 g/mol. The van der Waals surface area contributed by atoms with Crippen LogP contribution >= 0.6 is 0 Å². The van der Waals surface area contributed by atoms with E-state index in [0.717, 1.165) is 5.56 Å². The Morgan fingerprint density at radius 1 is 1.24 bits per heavy atom. The average Bonchev–Trinajstić information content (AvgIpc) is 2.91. The molecule has 0 aliphatic carbocycles. The molecule has 0 radical (unpaired) electrons. The molecule has 112 valence electrons. The fraction of sp³-hybridized carbons (Fsp3) is 0.375. The first-order valence-corrected chi connectivity index (χ1v) is 10.7. The Kier molecular flexibility index (Phi) is 4.75. The zero-order valence-electron chi connectivity index (χ0n) is 12.9. The standard InChI is InChI=1S/C16H23N3OSi/c1-21(2,3)11-7-10-16(20,12-19-14-17-13-18-19)15-8-5-4-6-9-15/h4-9,11,13-14,20H,10,12H2,1-3H3/b11-7+. The summed E-state index contributed by atoms with van der Waals surface area (Å²) in [5.41, 5.74) is 2.20. The van der Waals surface area contributed by atoms with Gasteiger partial charge in [-0.25, -0.2) is 9.67 Å². The molecule has 1 aromatic heterocycles. The van der Waals surface area contributed by atoms with Crippen LogP contribution in [-0.4, -0.2) is 27.9 Å². The Labute approximate surface area is 127 Å². The van der Waals surface area contributed by atoms with Crippen molar-refractivity contribution in [1.29, 1.82) is 0 Å². The van der Waals surface area contributed by atoms with Crippen LogP contribution in [0.2, 0.25) is 19.6 Å². The lowest BCUT2D eigenvalue weighted by Crippen LogP contribution is -2.31. The molecular formula is C16H23N3OSi. The van der Waals surface area contributed by atoms with Crippen LogP contribution in [0.1, 0.15) is 12.0 Å². The van der Waals surface area contributed by atoms with Crippen molar-refractivity contribution >= 4 is 8.07 Å². The summed E-state index contributed by atoms with van der Waals surface area (Å²) in [5.74, 6) is 0. The second-order valence-electron chi connectivity index (χ2n) is 6.46. The van der Waals surface area contributed by atoms with Crippen molar-refractivity contribution in [2.24, 2.45) is 0 Å². The molecule has 1 aromatic carbocycles. The predicted molar refractivity (Wildman–Crippen MR) is 87.5 cm³/mol. The van der Waals surface area contributed by atoms with Crippen LogP contribution in [-0.2, 0) is 12.1 Å². The first-order valence-electron chi connectivity index (χ1n) is 7.17. The molecule has 0 spiro atoms. The zero-order chi connectivity index (χ0) is 15.3. The average molecular weight is 301 g/mol. The van der Waals surface area contributed by atoms with E-state index in [1.54, 1.807) is 11.0 Å². The second kappa shape index (κ2) is 6.36. The molecule has 5 heteroatoms. The van der Waals surface area contributed by atoms with Crippen molar-refractivity contribution in [1.82, 2.24) is 14.8 Å². The lowest BCUT2D eigenvalue weighted by Gasteiger charge is -2.27. The minimum atomic E-state index is -1.26. The summed E-state index contributed by atoms with van der Waals surface area (Å²) in [5, 5.41) is 15.2. The number of benzene rings is 1. The molecule has 1 heterocycles. The monoisotopic (exact) mass is 301 g/mol. The van der Waals surface area contributed by atoms with E-state index in [1.807, 2.05) is 30.3 Å². The van der Waals surface area contributed by atoms with Gasteiger partial charge in [-0.2, -0.15) is 5.10 Å². The number of hydrogen-bond acceptors (Lipinski definition) is 3. The van der Waals surface area contributed by atoms with E-state index in [2.05, 4.69) is 41.5 Å². The zero-order valence-corrected chi connectivity index (χ0v) is 13.9. The van der Waals surface area contributed by atoms with E-state index < -0.39 is 13.7 Å². The third-order valence-corrected chi connectivity index (χ3v) is 4.51. The molecule has 2 aromatic rings. The summed E-state index contributed by atoms with van der Waals surface area (Å²) in [4.78, 5) is 3.95. The van der Waals surface area contributed by atoms with Gasteiger partial charge in [0.2, 0.25) is 0 Å². The number of nitrogens with zero attached hydrogens (tertiary/aromatic N) is 3. The molecule has 21 heavy (non-hydrogen) atoms. The van der Waals surface area contributed by atoms with Gasteiger partial charge in [-0.15, -0.1) is 0 Å². The highest BCUT2D eigenvalue weighted by Gasteiger charge is 2.29. The molecule has 0 aliphatic heterocycles. The molecule has 1 atom stereocenters. The molecule has 0 saturated carbocycles. The lowest BCUT2D eigenvalue weighted by molar-refractivity contribution is 0.0178. The number of rotatable bonds is 6. The number of aliphatic hydroxyl groups is 1. The van der Waals surface area contributed by atoms with E-state index in [9.17, 15) is 5.11 Å². The summed E-state index contributed by atoms with van der Waals surface area (Å²) >= 11 is 0. The van der Waals surface area contributed by atoms with E-state index in [4.69, 9.17) is 0 Å². The third kappa shape index (κ3) is 4.65. The van der Waals surface area contributed by atoms with Crippen molar-refractivity contribution in [3.05, 3.63) is 60.3 Å². The highest BCUT2D eigenvalue weighted by molar-refractivity contribution is 6.80. The molecule has 1 unspecified atom stereocenters. The predicted octanol–water partition coefficient (Wildman–Crippen LogP) is 2.99. The van der Waals surface area contributed by atoms with E-state index in [1.165, 1.54) is 6.33 Å². The Morgan fingerprint density at radius 2 is 1.95 bits per heavy atom. The largest absolute Gasteiger partial charge is 0.383 e. The van der Waals surface area contributed by atoms with Crippen molar-refractivity contribution in [2.45, 2.75) is 38.2 Å². The van der Waals surface area contributed by atoms with Gasteiger partial charge >= 0.3 is 0 Å². The lowest BCUT2D eigenvalue weighted by atomic mass is 9.90. The van der Waals surface area contributed by atoms with E-state index in [0.29, 0.717) is 13.0 Å². The van der Waals surface area contributed by atoms with Crippen LogP contribution < -0.4 is 0 Å². The minimum Gasteiger partial charge on any atom is -0.383 e. The van der Waals surface area contributed by atoms with Crippen molar-refractivity contribution in [3.8, 4) is 0 Å². The maximum atomic E-state index is 11.1. The van der Waals surface area contributed by atoms with Gasteiger partial charge in [-0.05, 0) is 12.0 Å². The fourth-order valence-corrected chi connectivity index (χ4v) is 3.04. The van der Waals surface area contributed by atoms with E-state index in [-0.39, 0.29) is 0 Å². The molecule has 4 nitrogen and oxygen atoms in total. The maximum absolute atomic E-state index is 11.1. The quantitative estimate of drug-likeness (QED) is 0.835. The molecule has 0 amide bonds. The first-order chi connectivity index (χ1) is 9.89. The van der Waals surface area contributed by atoms with Crippen LogP contribution in [0.3, 0.4) is 0 Å². The smallest absolute Gasteiger partial charge is 0.137 e. The highest BCUT2D eigenvalue weighted by Crippen LogP contribution is 2.27. The Hall–Kier alpha value is -1.72. The Bertz CT molecular complexity index is 575. The van der Waals surface area contributed by atoms with Crippen LogP contribution in [0.5, 0.6) is 0 Å². The molecule has 0 aliphatic rings. The van der Waals surface area contributed by atoms with Crippen LogP contribution in [0.4, 0.5) is 0 Å². The maximum Gasteiger partial charge on any atom is 0.137 e. The normalized spacial score (nSPS) is 15.2. The highest BCUT2D eigenvalue weighted by atomic mass is 28.3. The van der Waals surface area contributed by atoms with Crippen molar-refractivity contribution in [3.63, 3.8) is 0 Å². The Morgan fingerprint density at radius 3 is 2.52 bits per heavy atom. The van der Waals surface area contributed by atoms with Crippen LogP contribution in [0.15, 0.2) is 54.8 Å². The van der Waals surface area contributed by atoms with Gasteiger partial charge in [0.1, 0.15) is 18.3 Å². The molecule has 0 fully saturated rings. The van der Waals surface area contributed by atoms with Gasteiger partial charge in [-0.3, -0.25) is 0 Å². The van der Waals surface area contributed by atoms with Crippen molar-refractivity contribution < 1.29 is 5.11 Å². The van der Waals surface area contributed by atoms with Gasteiger partial charge in [0.05, 0.1) is 14.6 Å². The van der Waals surface area contributed by atoms with E-state index >= 15 is 0 Å². The third-order valence-electron chi connectivity index (χ3n) is 3.27. The summed E-state index contributed by atoms with van der Waals surface area (Å²) in [7, 11) is -1.26. The Balaban J connectivity index is 2.24. The molecule has 2 rings (SSSR count). The summed E-state index contributed by atoms with van der Waals surface area (Å²) < 4.78 is 1.68. The van der Waals surface area contributed by atoms with Crippen molar-refractivity contribution in [2.75, 3.05) is 0 Å². The topological polar surface area (TPSA) is 50.9 Å². The number of aromatic nitrogens is 3. The number of hydrogen-bond donors (Lipinski definition) is 1. The SMILES string of the molecule is C[Si](C)(C)/C=C/CC(O)(Cn1cncn1)c1ccccc1. The second-order valence-corrected chi connectivity index (χ2v) is 11.5. The van der Waals surface area contributed by atoms with Gasteiger partial charge in [-0.1, -0.05) is 61.7 Å². The summed E-state index contributed by atoms with van der Waals surface area (Å²) in [6, 6.07) is 9.77. The fourth-order valence-electron chi connectivity index (χ4n) is 2.21. The molecule has 0 bridgehead atoms. The minimum absolute atomic E-state index is 0.396. The van der Waals surface area contributed by atoms with Gasteiger partial charge in [0.25, 0.3) is 0 Å².